The van der Waals surface area contributed by atoms with Crippen LogP contribution in [-0.2, 0) is 75.2 Å². The molecule has 2 aliphatic heterocycles. The lowest BCUT2D eigenvalue weighted by Gasteiger charge is -2.34. The van der Waals surface area contributed by atoms with Crippen LogP contribution in [0.4, 0.5) is 0 Å². The molecule has 0 saturated carbocycles. The quantitative estimate of drug-likeness (QED) is 0.151. The first-order valence-corrected chi connectivity index (χ1v) is 18.0. The molecule has 5 rings (SSSR count). The smallest absolute Gasteiger partial charge is 0.205 e. The molecule has 0 bridgehead atoms. The van der Waals surface area contributed by atoms with Gasteiger partial charge in [0.05, 0.1) is 39.6 Å². The lowest BCUT2D eigenvalue weighted by molar-refractivity contribution is -0.181. The third-order valence-corrected chi connectivity index (χ3v) is 9.09. The molecule has 3 aromatic carbocycles. The minimum atomic E-state index is -0.709. The van der Waals surface area contributed by atoms with Gasteiger partial charge in [-0.25, -0.2) is 0 Å². The summed E-state index contributed by atoms with van der Waals surface area (Å²) in [6.45, 7) is 19.1. The molecule has 0 spiro atoms. The molecule has 0 aromatic heterocycles. The fourth-order valence-electron chi connectivity index (χ4n) is 6.06. The second-order valence-electron chi connectivity index (χ2n) is 14.9. The van der Waals surface area contributed by atoms with Gasteiger partial charge < -0.3 is 37.9 Å². The number of methoxy groups -OCH3 is 1. The maximum Gasteiger partial charge on any atom is 0.205 e. The van der Waals surface area contributed by atoms with Gasteiger partial charge in [-0.05, 0) is 65.8 Å². The van der Waals surface area contributed by atoms with E-state index in [0.29, 0.717) is 45.4 Å². The standard InChI is InChI=1S/C40H53BrO8/c1-10-11-12-26-13-27(36-28(14-26)23-46-39(5,6)48-36)19-43-20-29-15-33(38(2,3)4)16-30(35(29)45-25-42-9)21-44-22-31-17-34(41)18-32-24-47-40(7,8)49-37(31)32/h13-18H,10-12,19-25H2,1-9H3. The van der Waals surface area contributed by atoms with E-state index in [0.717, 1.165) is 74.2 Å². The molecule has 0 N–H and O–H groups in total. The summed E-state index contributed by atoms with van der Waals surface area (Å²) in [7, 11) is 1.62. The SMILES string of the molecule is CCCCc1cc(COCc2cc(C(C)(C)C)cc(COCc3cc(Br)cc4c3OC(C)(C)OC4)c2OCOC)c2c(c1)COC(C)(C)O2. The van der Waals surface area contributed by atoms with Gasteiger partial charge in [0, 0.05) is 72.7 Å². The van der Waals surface area contributed by atoms with Crippen LogP contribution in [0.1, 0.15) is 113 Å². The van der Waals surface area contributed by atoms with Crippen molar-refractivity contribution < 1.29 is 37.9 Å². The first-order chi connectivity index (χ1) is 23.2. The molecule has 2 aliphatic rings. The van der Waals surface area contributed by atoms with Crippen molar-refractivity contribution in [3.63, 3.8) is 0 Å². The van der Waals surface area contributed by atoms with E-state index in [1.54, 1.807) is 7.11 Å². The number of rotatable bonds is 14. The average molecular weight is 742 g/mol. The topological polar surface area (TPSA) is 73.8 Å². The zero-order chi connectivity index (χ0) is 35.4. The van der Waals surface area contributed by atoms with Crippen molar-refractivity contribution in [2.24, 2.45) is 0 Å². The van der Waals surface area contributed by atoms with Crippen LogP contribution in [0.25, 0.3) is 0 Å². The number of hydrogen-bond donors (Lipinski definition) is 0. The highest BCUT2D eigenvalue weighted by Gasteiger charge is 2.31. The molecule has 0 unspecified atom stereocenters. The second-order valence-corrected chi connectivity index (χ2v) is 15.8. The molecule has 0 fully saturated rings. The van der Waals surface area contributed by atoms with Crippen LogP contribution in [-0.4, -0.2) is 25.5 Å². The molecular formula is C40H53BrO8. The summed E-state index contributed by atoms with van der Waals surface area (Å²) in [6.07, 6.45) is 3.27. The monoisotopic (exact) mass is 740 g/mol. The second kappa shape index (κ2) is 15.7. The summed E-state index contributed by atoms with van der Waals surface area (Å²) >= 11 is 3.64. The van der Waals surface area contributed by atoms with Crippen LogP contribution in [0.15, 0.2) is 40.9 Å². The fourth-order valence-corrected chi connectivity index (χ4v) is 6.61. The van der Waals surface area contributed by atoms with E-state index in [4.69, 9.17) is 37.9 Å². The van der Waals surface area contributed by atoms with Crippen molar-refractivity contribution in [1.29, 1.82) is 0 Å². The van der Waals surface area contributed by atoms with E-state index in [9.17, 15) is 0 Å². The van der Waals surface area contributed by atoms with Gasteiger partial charge >= 0.3 is 0 Å². The molecule has 0 amide bonds. The van der Waals surface area contributed by atoms with Gasteiger partial charge in [-0.2, -0.15) is 0 Å². The Morgan fingerprint density at radius 2 is 1.27 bits per heavy atom. The molecule has 49 heavy (non-hydrogen) atoms. The highest BCUT2D eigenvalue weighted by atomic mass is 79.9. The Morgan fingerprint density at radius 1 is 0.735 bits per heavy atom. The van der Waals surface area contributed by atoms with Crippen molar-refractivity contribution in [3.8, 4) is 17.2 Å². The summed E-state index contributed by atoms with van der Waals surface area (Å²) < 4.78 is 49.8. The van der Waals surface area contributed by atoms with Crippen molar-refractivity contribution >= 4 is 15.9 Å². The van der Waals surface area contributed by atoms with Crippen LogP contribution in [0.3, 0.4) is 0 Å². The fraction of sp³-hybridized carbons (Fsp3) is 0.550. The largest absolute Gasteiger partial charge is 0.467 e. The molecule has 268 valence electrons. The molecule has 8 nitrogen and oxygen atoms in total. The van der Waals surface area contributed by atoms with E-state index in [1.807, 2.05) is 39.8 Å². The summed E-state index contributed by atoms with van der Waals surface area (Å²) in [5.74, 6) is 0.973. The van der Waals surface area contributed by atoms with Gasteiger partial charge in [-0.15, -0.1) is 0 Å². The maximum atomic E-state index is 6.50. The van der Waals surface area contributed by atoms with Crippen molar-refractivity contribution in [3.05, 3.63) is 85.4 Å². The van der Waals surface area contributed by atoms with Crippen molar-refractivity contribution in [2.45, 2.75) is 131 Å². The van der Waals surface area contributed by atoms with Gasteiger partial charge in [0.1, 0.15) is 17.2 Å². The molecule has 2 heterocycles. The van der Waals surface area contributed by atoms with Crippen LogP contribution >= 0.6 is 15.9 Å². The Kier molecular flexibility index (Phi) is 12.0. The van der Waals surface area contributed by atoms with E-state index in [2.05, 4.69) is 67.9 Å². The third-order valence-electron chi connectivity index (χ3n) is 8.64. The van der Waals surface area contributed by atoms with Crippen LogP contribution < -0.4 is 14.2 Å². The van der Waals surface area contributed by atoms with Crippen LogP contribution in [0.5, 0.6) is 17.2 Å². The number of unbranched alkanes of at least 4 members (excludes halogenated alkanes) is 1. The Bertz CT molecular complexity index is 1610. The number of ether oxygens (including phenoxy) is 8. The predicted octanol–water partition coefficient (Wildman–Crippen LogP) is 9.80. The molecule has 0 saturated heterocycles. The Morgan fingerprint density at radius 3 is 1.80 bits per heavy atom. The molecule has 0 aliphatic carbocycles. The summed E-state index contributed by atoms with van der Waals surface area (Å²) in [6, 6.07) is 12.9. The number of fused-ring (bicyclic) bond motifs is 2. The lowest BCUT2D eigenvalue weighted by atomic mass is 9.84. The van der Waals surface area contributed by atoms with Crippen LogP contribution in [0.2, 0.25) is 0 Å². The number of halogens is 1. The highest BCUT2D eigenvalue weighted by Crippen LogP contribution is 2.39. The predicted molar refractivity (Wildman–Crippen MR) is 193 cm³/mol. The zero-order valence-electron chi connectivity index (χ0n) is 30.7. The van der Waals surface area contributed by atoms with Crippen molar-refractivity contribution in [2.75, 3.05) is 13.9 Å². The molecule has 0 radical (unpaired) electrons. The highest BCUT2D eigenvalue weighted by molar-refractivity contribution is 9.10. The van der Waals surface area contributed by atoms with Gasteiger partial charge in [0.2, 0.25) is 11.6 Å². The minimum Gasteiger partial charge on any atom is -0.467 e. The van der Waals surface area contributed by atoms with E-state index < -0.39 is 11.6 Å². The number of hydrogen-bond acceptors (Lipinski definition) is 8. The summed E-state index contributed by atoms with van der Waals surface area (Å²) in [4.78, 5) is 0. The Hall–Kier alpha value is -2.66. The van der Waals surface area contributed by atoms with E-state index in [1.165, 1.54) is 5.56 Å². The third kappa shape index (κ3) is 9.78. The van der Waals surface area contributed by atoms with Gasteiger partial charge in [-0.1, -0.05) is 50.0 Å². The first kappa shape index (κ1) is 37.6. The lowest BCUT2D eigenvalue weighted by Crippen LogP contribution is -2.36. The van der Waals surface area contributed by atoms with Crippen molar-refractivity contribution in [1.82, 2.24) is 0 Å². The summed E-state index contributed by atoms with van der Waals surface area (Å²) in [5.41, 5.74) is 8.23. The minimum absolute atomic E-state index is 0.104. The maximum absolute atomic E-state index is 6.50. The Balaban J connectivity index is 1.40. The molecule has 9 heteroatoms. The average Bonchev–Trinajstić information content (AvgIpc) is 3.02. The molecule has 0 atom stereocenters. The number of aryl methyl sites for hydroxylation is 1. The first-order valence-electron chi connectivity index (χ1n) is 17.2. The Labute approximate surface area is 300 Å². The molecule has 3 aromatic rings. The summed E-state index contributed by atoms with van der Waals surface area (Å²) in [5, 5.41) is 0. The number of benzene rings is 3. The van der Waals surface area contributed by atoms with E-state index >= 15 is 0 Å². The van der Waals surface area contributed by atoms with Gasteiger partial charge in [-0.3, -0.25) is 0 Å². The van der Waals surface area contributed by atoms with Gasteiger partial charge in [0.25, 0.3) is 0 Å². The van der Waals surface area contributed by atoms with E-state index in [-0.39, 0.29) is 12.2 Å². The van der Waals surface area contributed by atoms with Crippen LogP contribution in [0, 0.1) is 0 Å². The normalized spacial score (nSPS) is 16.4. The van der Waals surface area contributed by atoms with Gasteiger partial charge in [0.15, 0.2) is 6.79 Å². The molecular weight excluding hydrogens is 688 g/mol. The zero-order valence-corrected chi connectivity index (χ0v) is 32.3.